The predicted molar refractivity (Wildman–Crippen MR) is 97.0 cm³/mol. The molecule has 3 heteroatoms. The van der Waals surface area contributed by atoms with E-state index in [1.54, 1.807) is 14.2 Å². The average Bonchev–Trinajstić information content (AvgIpc) is 2.53. The molecule has 3 nitrogen and oxygen atoms in total. The van der Waals surface area contributed by atoms with Crippen LogP contribution in [0, 0.1) is 34.5 Å². The maximum absolute atomic E-state index is 6.72. The Bertz CT molecular complexity index is 383. The van der Waals surface area contributed by atoms with Gasteiger partial charge in [0.15, 0.2) is 0 Å². The van der Waals surface area contributed by atoms with E-state index in [1.807, 2.05) is 0 Å². The van der Waals surface area contributed by atoms with Crippen LogP contribution in [0.2, 0.25) is 0 Å². The lowest BCUT2D eigenvalue weighted by Crippen LogP contribution is -2.53. The zero-order chi connectivity index (χ0) is 17.4. The summed E-state index contributed by atoms with van der Waals surface area (Å²) < 4.78 is 18.0. The van der Waals surface area contributed by atoms with E-state index in [0.717, 1.165) is 36.7 Å². The molecule has 0 aromatic carbocycles. The molecule has 0 aromatic rings. The zero-order valence-electron chi connectivity index (χ0n) is 16.5. The Morgan fingerprint density at radius 1 is 0.792 bits per heavy atom. The molecule has 0 unspecified atom stereocenters. The lowest BCUT2D eigenvalue weighted by atomic mass is 9.55. The minimum atomic E-state index is -0.0695. The fourth-order valence-corrected chi connectivity index (χ4v) is 6.04. The van der Waals surface area contributed by atoms with Crippen LogP contribution in [-0.2, 0) is 14.2 Å². The lowest BCUT2D eigenvalue weighted by Gasteiger charge is -2.55. The Morgan fingerprint density at radius 2 is 1.29 bits per heavy atom. The first-order chi connectivity index (χ1) is 11.4. The number of ether oxygens (including phenoxy) is 3. The highest BCUT2D eigenvalue weighted by molar-refractivity contribution is 5.00. The largest absolute Gasteiger partial charge is 0.384 e. The van der Waals surface area contributed by atoms with Gasteiger partial charge in [0.25, 0.3) is 0 Å². The SMILES string of the molecule is CCC(C)(C)C(COC)(COC)COC1C2CC3CC(C2)CC1C3. The van der Waals surface area contributed by atoms with Gasteiger partial charge in [0.2, 0.25) is 0 Å². The van der Waals surface area contributed by atoms with Crippen molar-refractivity contribution in [1.29, 1.82) is 0 Å². The summed E-state index contributed by atoms with van der Waals surface area (Å²) in [6, 6.07) is 0. The third kappa shape index (κ3) is 3.29. The third-order valence-electron chi connectivity index (χ3n) is 7.85. The van der Waals surface area contributed by atoms with Crippen LogP contribution in [0.4, 0.5) is 0 Å². The highest BCUT2D eigenvalue weighted by Crippen LogP contribution is 2.55. The molecule has 140 valence electrons. The summed E-state index contributed by atoms with van der Waals surface area (Å²) in [6.07, 6.45) is 8.74. The van der Waals surface area contributed by atoms with E-state index in [9.17, 15) is 0 Å². The first kappa shape index (κ1) is 18.7. The standard InChI is InChI=1S/C21H38O3/c1-6-20(2,3)21(12-22-4,13-23-5)14-24-19-17-8-15-7-16(10-17)11-18(19)9-15/h15-19H,6-14H2,1-5H3. The van der Waals surface area contributed by atoms with Crippen molar-refractivity contribution in [3.63, 3.8) is 0 Å². The summed E-state index contributed by atoms with van der Waals surface area (Å²) in [5, 5.41) is 0. The average molecular weight is 339 g/mol. The summed E-state index contributed by atoms with van der Waals surface area (Å²) in [4.78, 5) is 0. The van der Waals surface area contributed by atoms with Crippen molar-refractivity contribution >= 4 is 0 Å². The van der Waals surface area contributed by atoms with E-state index in [2.05, 4.69) is 20.8 Å². The van der Waals surface area contributed by atoms with Gasteiger partial charge in [-0.25, -0.2) is 0 Å². The molecule has 0 N–H and O–H groups in total. The van der Waals surface area contributed by atoms with Gasteiger partial charge in [0, 0.05) is 19.6 Å². The van der Waals surface area contributed by atoms with Crippen LogP contribution in [0.15, 0.2) is 0 Å². The second-order valence-corrected chi connectivity index (χ2v) is 9.59. The molecule has 0 heterocycles. The van der Waals surface area contributed by atoms with Crippen molar-refractivity contribution in [1.82, 2.24) is 0 Å². The van der Waals surface area contributed by atoms with Crippen LogP contribution in [0.25, 0.3) is 0 Å². The highest BCUT2D eigenvalue weighted by atomic mass is 16.5. The number of rotatable bonds is 9. The van der Waals surface area contributed by atoms with E-state index in [4.69, 9.17) is 14.2 Å². The van der Waals surface area contributed by atoms with Gasteiger partial charge in [0.1, 0.15) is 0 Å². The van der Waals surface area contributed by atoms with Crippen LogP contribution < -0.4 is 0 Å². The van der Waals surface area contributed by atoms with E-state index < -0.39 is 0 Å². The number of methoxy groups -OCH3 is 2. The van der Waals surface area contributed by atoms with Crippen molar-refractivity contribution in [2.45, 2.75) is 65.4 Å². The molecule has 0 aliphatic heterocycles. The Balaban J connectivity index is 1.71. The van der Waals surface area contributed by atoms with Gasteiger partial charge < -0.3 is 14.2 Å². The van der Waals surface area contributed by atoms with Gasteiger partial charge in [-0.3, -0.25) is 0 Å². The van der Waals surface area contributed by atoms with Crippen LogP contribution in [0.3, 0.4) is 0 Å². The lowest BCUT2D eigenvalue weighted by molar-refractivity contribution is -0.178. The summed E-state index contributed by atoms with van der Waals surface area (Å²) in [6.45, 7) is 9.12. The number of hydrogen-bond donors (Lipinski definition) is 0. The van der Waals surface area contributed by atoms with Gasteiger partial charge in [0.05, 0.1) is 25.9 Å². The Labute approximate surface area is 148 Å². The molecule has 0 atom stereocenters. The van der Waals surface area contributed by atoms with Crippen LogP contribution in [0.1, 0.15) is 59.3 Å². The number of hydrogen-bond acceptors (Lipinski definition) is 3. The van der Waals surface area contributed by atoms with Crippen molar-refractivity contribution < 1.29 is 14.2 Å². The normalized spacial score (nSPS) is 35.6. The molecule has 4 aliphatic carbocycles. The molecule has 4 rings (SSSR count). The van der Waals surface area contributed by atoms with Crippen LogP contribution in [0.5, 0.6) is 0 Å². The topological polar surface area (TPSA) is 27.7 Å². The third-order valence-corrected chi connectivity index (χ3v) is 7.85. The Morgan fingerprint density at radius 3 is 1.71 bits per heavy atom. The molecule has 4 fully saturated rings. The minimum absolute atomic E-state index is 0.0695. The van der Waals surface area contributed by atoms with Crippen molar-refractivity contribution in [2.75, 3.05) is 34.0 Å². The van der Waals surface area contributed by atoms with E-state index >= 15 is 0 Å². The van der Waals surface area contributed by atoms with E-state index in [1.165, 1.54) is 32.1 Å². The zero-order valence-corrected chi connectivity index (χ0v) is 16.5. The Hall–Kier alpha value is -0.120. The van der Waals surface area contributed by atoms with Crippen LogP contribution >= 0.6 is 0 Å². The van der Waals surface area contributed by atoms with Gasteiger partial charge in [-0.2, -0.15) is 0 Å². The van der Waals surface area contributed by atoms with Crippen molar-refractivity contribution in [3.05, 3.63) is 0 Å². The van der Waals surface area contributed by atoms with Crippen LogP contribution in [-0.4, -0.2) is 40.1 Å². The second kappa shape index (κ2) is 7.25. The fourth-order valence-electron chi connectivity index (χ4n) is 6.04. The van der Waals surface area contributed by atoms with Gasteiger partial charge in [-0.05, 0) is 61.2 Å². The molecule has 0 aromatic heterocycles. The summed E-state index contributed by atoms with van der Waals surface area (Å²) >= 11 is 0. The van der Waals surface area contributed by atoms with Crippen molar-refractivity contribution in [3.8, 4) is 0 Å². The van der Waals surface area contributed by atoms with E-state index in [-0.39, 0.29) is 10.8 Å². The van der Waals surface area contributed by atoms with Crippen molar-refractivity contribution in [2.24, 2.45) is 34.5 Å². The molecule has 4 saturated carbocycles. The highest BCUT2D eigenvalue weighted by Gasteiger charge is 2.51. The van der Waals surface area contributed by atoms with Gasteiger partial charge in [-0.15, -0.1) is 0 Å². The predicted octanol–water partition coefficient (Wildman–Crippen LogP) is 4.54. The first-order valence-electron chi connectivity index (χ1n) is 10.0. The smallest absolute Gasteiger partial charge is 0.0632 e. The molecule has 24 heavy (non-hydrogen) atoms. The molecular weight excluding hydrogens is 300 g/mol. The first-order valence-corrected chi connectivity index (χ1v) is 10.0. The summed E-state index contributed by atoms with van der Waals surface area (Å²) in [5.74, 6) is 3.63. The fraction of sp³-hybridized carbons (Fsp3) is 1.00. The quantitative estimate of drug-likeness (QED) is 0.617. The molecule has 0 spiro atoms. The minimum Gasteiger partial charge on any atom is -0.384 e. The summed E-state index contributed by atoms with van der Waals surface area (Å²) in [5.41, 5.74) is 0.0604. The molecular formula is C21H38O3. The Kier molecular flexibility index (Phi) is 5.64. The molecule has 0 radical (unpaired) electrons. The monoisotopic (exact) mass is 338 g/mol. The molecule has 0 amide bonds. The van der Waals surface area contributed by atoms with E-state index in [0.29, 0.717) is 19.3 Å². The molecule has 0 saturated heterocycles. The van der Waals surface area contributed by atoms with Gasteiger partial charge in [-0.1, -0.05) is 27.2 Å². The maximum Gasteiger partial charge on any atom is 0.0632 e. The molecule has 4 bridgehead atoms. The second-order valence-electron chi connectivity index (χ2n) is 9.59. The molecule has 4 aliphatic rings. The summed E-state index contributed by atoms with van der Waals surface area (Å²) in [7, 11) is 3.61. The van der Waals surface area contributed by atoms with Gasteiger partial charge >= 0.3 is 0 Å². The maximum atomic E-state index is 6.72.